The Bertz CT molecular complexity index is 320. The second-order valence-corrected chi connectivity index (χ2v) is 3.81. The average molecular weight is 193 g/mol. The maximum Gasteiger partial charge on any atom is 0.123 e. The van der Waals surface area contributed by atoms with E-state index < -0.39 is 0 Å². The molecule has 14 heavy (non-hydrogen) atoms. The van der Waals surface area contributed by atoms with Gasteiger partial charge in [-0.1, -0.05) is 6.92 Å². The zero-order chi connectivity index (χ0) is 10.7. The summed E-state index contributed by atoms with van der Waals surface area (Å²) in [6.45, 7) is 8.21. The van der Waals surface area contributed by atoms with Crippen molar-refractivity contribution in [3.63, 3.8) is 0 Å². The van der Waals surface area contributed by atoms with Gasteiger partial charge in [-0.25, -0.2) is 0 Å². The molecular formula is C12H19NO. The van der Waals surface area contributed by atoms with Gasteiger partial charge >= 0.3 is 0 Å². The Morgan fingerprint density at radius 3 is 2.50 bits per heavy atom. The molecule has 0 fully saturated rings. The molecule has 1 atom stereocenters. The summed E-state index contributed by atoms with van der Waals surface area (Å²) < 4.78 is 5.77. The van der Waals surface area contributed by atoms with Gasteiger partial charge in [-0.15, -0.1) is 0 Å². The highest BCUT2D eigenvalue weighted by Crippen LogP contribution is 2.25. The van der Waals surface area contributed by atoms with Gasteiger partial charge in [0, 0.05) is 5.69 Å². The molecule has 0 bridgehead atoms. The van der Waals surface area contributed by atoms with Crippen LogP contribution in [-0.4, -0.2) is 6.10 Å². The van der Waals surface area contributed by atoms with Gasteiger partial charge in [-0.3, -0.25) is 0 Å². The van der Waals surface area contributed by atoms with E-state index in [-0.39, 0.29) is 6.10 Å². The fraction of sp³-hybridized carbons (Fsp3) is 0.500. The van der Waals surface area contributed by atoms with Crippen molar-refractivity contribution >= 4 is 5.69 Å². The highest BCUT2D eigenvalue weighted by atomic mass is 16.5. The maximum absolute atomic E-state index is 5.80. The fourth-order valence-electron chi connectivity index (χ4n) is 1.24. The molecule has 2 heteroatoms. The fourth-order valence-corrected chi connectivity index (χ4v) is 1.24. The minimum absolute atomic E-state index is 0.261. The van der Waals surface area contributed by atoms with Crippen molar-refractivity contribution in [2.24, 2.45) is 0 Å². The van der Waals surface area contributed by atoms with Gasteiger partial charge in [0.05, 0.1) is 6.10 Å². The topological polar surface area (TPSA) is 35.2 Å². The lowest BCUT2D eigenvalue weighted by atomic mass is 10.1. The van der Waals surface area contributed by atoms with Crippen LogP contribution in [0.2, 0.25) is 0 Å². The standard InChI is InChI=1S/C12H19NO/c1-5-10(4)14-12-7-8(2)11(13)6-9(12)3/h6-7,10H,5,13H2,1-4H3. The van der Waals surface area contributed by atoms with Crippen LogP contribution in [-0.2, 0) is 0 Å². The predicted octanol–water partition coefficient (Wildman–Crippen LogP) is 3.06. The molecular weight excluding hydrogens is 174 g/mol. The number of benzene rings is 1. The largest absolute Gasteiger partial charge is 0.490 e. The summed E-state index contributed by atoms with van der Waals surface area (Å²) in [5.41, 5.74) is 8.81. The van der Waals surface area contributed by atoms with Crippen molar-refractivity contribution in [3.05, 3.63) is 23.3 Å². The second kappa shape index (κ2) is 4.36. The van der Waals surface area contributed by atoms with Crippen LogP contribution in [0.5, 0.6) is 5.75 Å². The second-order valence-electron chi connectivity index (χ2n) is 3.81. The van der Waals surface area contributed by atoms with Crippen LogP contribution in [0.25, 0.3) is 0 Å². The highest BCUT2D eigenvalue weighted by molar-refractivity contribution is 5.53. The van der Waals surface area contributed by atoms with Crippen LogP contribution in [0.1, 0.15) is 31.4 Å². The number of rotatable bonds is 3. The third-order valence-electron chi connectivity index (χ3n) is 2.47. The number of hydrogen-bond donors (Lipinski definition) is 1. The van der Waals surface area contributed by atoms with E-state index in [1.54, 1.807) is 0 Å². The molecule has 0 aliphatic heterocycles. The number of hydrogen-bond acceptors (Lipinski definition) is 2. The number of aryl methyl sites for hydroxylation is 2. The molecule has 1 rings (SSSR count). The first-order chi connectivity index (χ1) is 6.54. The number of anilines is 1. The molecule has 2 nitrogen and oxygen atoms in total. The van der Waals surface area contributed by atoms with Gasteiger partial charge in [0.15, 0.2) is 0 Å². The van der Waals surface area contributed by atoms with Crippen LogP contribution in [0.4, 0.5) is 5.69 Å². The Morgan fingerprint density at radius 1 is 1.29 bits per heavy atom. The molecule has 0 aliphatic carbocycles. The minimum atomic E-state index is 0.261. The molecule has 2 N–H and O–H groups in total. The predicted molar refractivity (Wildman–Crippen MR) is 60.7 cm³/mol. The van der Waals surface area contributed by atoms with E-state index in [9.17, 15) is 0 Å². The van der Waals surface area contributed by atoms with Crippen LogP contribution in [0.3, 0.4) is 0 Å². The van der Waals surface area contributed by atoms with Crippen molar-refractivity contribution in [1.82, 2.24) is 0 Å². The first kappa shape index (κ1) is 10.9. The first-order valence-electron chi connectivity index (χ1n) is 5.08. The molecule has 0 saturated heterocycles. The summed E-state index contributed by atoms with van der Waals surface area (Å²) in [5, 5.41) is 0. The molecule has 1 aromatic carbocycles. The molecule has 0 heterocycles. The lowest BCUT2D eigenvalue weighted by Crippen LogP contribution is -2.11. The summed E-state index contributed by atoms with van der Waals surface area (Å²) >= 11 is 0. The zero-order valence-electron chi connectivity index (χ0n) is 9.42. The van der Waals surface area contributed by atoms with E-state index >= 15 is 0 Å². The smallest absolute Gasteiger partial charge is 0.123 e. The van der Waals surface area contributed by atoms with E-state index in [4.69, 9.17) is 10.5 Å². The van der Waals surface area contributed by atoms with Crippen LogP contribution in [0, 0.1) is 13.8 Å². The van der Waals surface area contributed by atoms with Crippen molar-refractivity contribution in [2.75, 3.05) is 5.73 Å². The SMILES string of the molecule is CCC(C)Oc1cc(C)c(N)cc1C. The van der Waals surface area contributed by atoms with Crippen molar-refractivity contribution < 1.29 is 4.74 Å². The molecule has 1 unspecified atom stereocenters. The van der Waals surface area contributed by atoms with E-state index in [0.29, 0.717) is 0 Å². The van der Waals surface area contributed by atoms with E-state index in [0.717, 1.165) is 29.0 Å². The molecule has 0 aromatic heterocycles. The van der Waals surface area contributed by atoms with E-state index in [2.05, 4.69) is 13.8 Å². The molecule has 0 saturated carbocycles. The minimum Gasteiger partial charge on any atom is -0.490 e. The number of nitrogens with two attached hydrogens (primary N) is 1. The molecule has 1 aromatic rings. The van der Waals surface area contributed by atoms with Gasteiger partial charge in [0.1, 0.15) is 5.75 Å². The van der Waals surface area contributed by atoms with Crippen molar-refractivity contribution in [3.8, 4) is 5.75 Å². The Balaban J connectivity index is 2.92. The lowest BCUT2D eigenvalue weighted by molar-refractivity contribution is 0.216. The Hall–Kier alpha value is -1.18. The molecule has 0 spiro atoms. The maximum atomic E-state index is 5.80. The zero-order valence-corrected chi connectivity index (χ0v) is 9.42. The van der Waals surface area contributed by atoms with Crippen molar-refractivity contribution in [1.29, 1.82) is 0 Å². The summed E-state index contributed by atoms with van der Waals surface area (Å²) in [5.74, 6) is 0.950. The molecule has 0 aliphatic rings. The van der Waals surface area contributed by atoms with Crippen LogP contribution < -0.4 is 10.5 Å². The summed E-state index contributed by atoms with van der Waals surface area (Å²) in [7, 11) is 0. The monoisotopic (exact) mass is 193 g/mol. The third-order valence-corrected chi connectivity index (χ3v) is 2.47. The summed E-state index contributed by atoms with van der Waals surface area (Å²) in [6, 6.07) is 3.98. The van der Waals surface area contributed by atoms with Gasteiger partial charge in [0.25, 0.3) is 0 Å². The first-order valence-corrected chi connectivity index (χ1v) is 5.08. The Labute approximate surface area is 86.1 Å². The average Bonchev–Trinajstić information content (AvgIpc) is 2.14. The quantitative estimate of drug-likeness (QED) is 0.749. The number of ether oxygens (including phenoxy) is 1. The normalized spacial score (nSPS) is 12.6. The molecule has 0 radical (unpaired) electrons. The van der Waals surface area contributed by atoms with Gasteiger partial charge in [-0.05, 0) is 50.5 Å². The summed E-state index contributed by atoms with van der Waals surface area (Å²) in [4.78, 5) is 0. The Morgan fingerprint density at radius 2 is 1.93 bits per heavy atom. The lowest BCUT2D eigenvalue weighted by Gasteiger charge is -2.16. The van der Waals surface area contributed by atoms with E-state index in [1.807, 2.05) is 26.0 Å². The highest BCUT2D eigenvalue weighted by Gasteiger charge is 2.06. The third kappa shape index (κ3) is 2.41. The van der Waals surface area contributed by atoms with E-state index in [1.165, 1.54) is 0 Å². The summed E-state index contributed by atoms with van der Waals surface area (Å²) in [6.07, 6.45) is 1.28. The Kier molecular flexibility index (Phi) is 3.39. The van der Waals surface area contributed by atoms with Gasteiger partial charge < -0.3 is 10.5 Å². The van der Waals surface area contributed by atoms with Crippen molar-refractivity contribution in [2.45, 2.75) is 40.2 Å². The molecule has 78 valence electrons. The van der Waals surface area contributed by atoms with Gasteiger partial charge in [0.2, 0.25) is 0 Å². The van der Waals surface area contributed by atoms with Gasteiger partial charge in [-0.2, -0.15) is 0 Å². The van der Waals surface area contributed by atoms with Crippen LogP contribution >= 0.6 is 0 Å². The molecule has 0 amide bonds. The van der Waals surface area contributed by atoms with Crippen LogP contribution in [0.15, 0.2) is 12.1 Å². The number of nitrogen functional groups attached to an aromatic ring is 1.